The molecule has 3 aromatic carbocycles. The molecule has 0 aliphatic rings. The minimum atomic E-state index is -0.278. The first kappa shape index (κ1) is 17.1. The summed E-state index contributed by atoms with van der Waals surface area (Å²) in [5.74, 6) is -0.377. The molecular weight excluding hydrogens is 360 g/mol. The first-order valence-electron chi connectivity index (χ1n) is 8.40. The molecule has 1 aromatic heterocycles. The van der Waals surface area contributed by atoms with E-state index in [2.05, 4.69) is 5.32 Å². The van der Waals surface area contributed by atoms with Crippen LogP contribution in [-0.4, -0.2) is 16.4 Å². The molecule has 0 spiro atoms. The van der Waals surface area contributed by atoms with Gasteiger partial charge >= 0.3 is 0 Å². The fraction of sp³-hybridized carbons (Fsp3) is 0. The highest BCUT2D eigenvalue weighted by atomic mass is 35.5. The number of fused-ring (bicyclic) bond motifs is 1. The van der Waals surface area contributed by atoms with Gasteiger partial charge in [-0.2, -0.15) is 0 Å². The van der Waals surface area contributed by atoms with Gasteiger partial charge in [-0.05, 0) is 48.5 Å². The zero-order chi connectivity index (χ0) is 18.8. The van der Waals surface area contributed by atoms with Crippen LogP contribution >= 0.6 is 11.6 Å². The van der Waals surface area contributed by atoms with E-state index in [4.69, 9.17) is 11.6 Å². The highest BCUT2D eigenvalue weighted by Gasteiger charge is 2.13. The third-order valence-electron chi connectivity index (χ3n) is 4.31. The summed E-state index contributed by atoms with van der Waals surface area (Å²) in [6, 6.07) is 23.3. The number of nitrogens with zero attached hydrogens (tertiary/aromatic N) is 1. The zero-order valence-corrected chi connectivity index (χ0v) is 15.0. The minimum absolute atomic E-state index is 0.0987. The number of anilines is 1. The SMILES string of the molecule is O=C(Nc1ccc2c(ccn2C(=O)c2ccccc2)c1)c1ccccc1Cl. The largest absolute Gasteiger partial charge is 0.322 e. The molecule has 132 valence electrons. The highest BCUT2D eigenvalue weighted by Crippen LogP contribution is 2.23. The molecule has 4 rings (SSSR count). The Hall–Kier alpha value is -3.37. The second-order valence-corrected chi connectivity index (χ2v) is 6.47. The van der Waals surface area contributed by atoms with Crippen LogP contribution in [0.2, 0.25) is 5.02 Å². The molecule has 4 aromatic rings. The average molecular weight is 375 g/mol. The smallest absolute Gasteiger partial charge is 0.262 e. The Morgan fingerprint density at radius 3 is 2.37 bits per heavy atom. The van der Waals surface area contributed by atoms with Gasteiger partial charge in [0.25, 0.3) is 11.8 Å². The van der Waals surface area contributed by atoms with Crippen LogP contribution in [0.4, 0.5) is 5.69 Å². The van der Waals surface area contributed by atoms with Crippen LogP contribution in [-0.2, 0) is 0 Å². The molecule has 0 unspecified atom stereocenters. The van der Waals surface area contributed by atoms with Crippen molar-refractivity contribution in [3.05, 3.63) is 101 Å². The van der Waals surface area contributed by atoms with Crippen molar-refractivity contribution < 1.29 is 9.59 Å². The molecule has 0 aliphatic heterocycles. The topological polar surface area (TPSA) is 51.1 Å². The van der Waals surface area contributed by atoms with Crippen LogP contribution in [0, 0.1) is 0 Å². The van der Waals surface area contributed by atoms with E-state index < -0.39 is 0 Å². The lowest BCUT2D eigenvalue weighted by Gasteiger charge is -2.08. The number of halogens is 1. The molecule has 0 fully saturated rings. The zero-order valence-electron chi connectivity index (χ0n) is 14.2. The summed E-state index contributed by atoms with van der Waals surface area (Å²) in [4.78, 5) is 25.1. The standard InChI is InChI=1S/C22H15ClN2O2/c23-19-9-5-4-8-18(19)21(26)24-17-10-11-20-16(14-17)12-13-25(20)22(27)15-6-2-1-3-7-15/h1-14H,(H,24,26). The predicted octanol–water partition coefficient (Wildman–Crippen LogP) is 5.24. The van der Waals surface area contributed by atoms with Gasteiger partial charge in [-0.1, -0.05) is 41.9 Å². The van der Waals surface area contributed by atoms with Crippen LogP contribution in [0.25, 0.3) is 10.9 Å². The second-order valence-electron chi connectivity index (χ2n) is 6.06. The molecule has 4 nitrogen and oxygen atoms in total. The third-order valence-corrected chi connectivity index (χ3v) is 4.64. The molecule has 5 heteroatoms. The van der Waals surface area contributed by atoms with Crippen LogP contribution in [0.15, 0.2) is 85.1 Å². The first-order chi connectivity index (χ1) is 13.1. The fourth-order valence-corrected chi connectivity index (χ4v) is 3.18. The maximum absolute atomic E-state index is 12.7. The van der Waals surface area contributed by atoms with E-state index in [0.29, 0.717) is 21.8 Å². The third kappa shape index (κ3) is 3.35. The van der Waals surface area contributed by atoms with Crippen molar-refractivity contribution in [2.24, 2.45) is 0 Å². The number of nitrogens with one attached hydrogen (secondary N) is 1. The van der Waals surface area contributed by atoms with Gasteiger partial charge in [-0.15, -0.1) is 0 Å². The van der Waals surface area contributed by atoms with Crippen LogP contribution in [0.1, 0.15) is 20.7 Å². The van der Waals surface area contributed by atoms with Gasteiger partial charge in [0.2, 0.25) is 0 Å². The van der Waals surface area contributed by atoms with Crippen molar-refractivity contribution >= 4 is 40.0 Å². The summed E-state index contributed by atoms with van der Waals surface area (Å²) in [6.45, 7) is 0. The second kappa shape index (κ2) is 7.09. The molecule has 27 heavy (non-hydrogen) atoms. The van der Waals surface area contributed by atoms with Crippen molar-refractivity contribution in [2.75, 3.05) is 5.32 Å². The summed E-state index contributed by atoms with van der Waals surface area (Å²) in [6.07, 6.45) is 1.74. The predicted molar refractivity (Wildman–Crippen MR) is 108 cm³/mol. The first-order valence-corrected chi connectivity index (χ1v) is 8.78. The normalized spacial score (nSPS) is 10.7. The summed E-state index contributed by atoms with van der Waals surface area (Å²) >= 11 is 6.08. The van der Waals surface area contributed by atoms with Gasteiger partial charge in [-0.3, -0.25) is 14.2 Å². The Kier molecular flexibility index (Phi) is 4.48. The van der Waals surface area contributed by atoms with Crippen molar-refractivity contribution in [3.8, 4) is 0 Å². The molecule has 1 heterocycles. The number of amides is 1. The summed E-state index contributed by atoms with van der Waals surface area (Å²) in [7, 11) is 0. The van der Waals surface area contributed by atoms with E-state index >= 15 is 0 Å². The molecule has 0 saturated carbocycles. The van der Waals surface area contributed by atoms with E-state index in [9.17, 15) is 9.59 Å². The molecule has 0 saturated heterocycles. The number of hydrogen-bond acceptors (Lipinski definition) is 2. The molecule has 1 N–H and O–H groups in total. The number of carbonyl (C=O) groups is 2. The van der Waals surface area contributed by atoms with Gasteiger partial charge in [-0.25, -0.2) is 0 Å². The Balaban J connectivity index is 1.62. The van der Waals surface area contributed by atoms with Crippen LogP contribution in [0.3, 0.4) is 0 Å². The lowest BCUT2D eigenvalue weighted by Crippen LogP contribution is -2.12. The van der Waals surface area contributed by atoms with Gasteiger partial charge < -0.3 is 5.32 Å². The molecule has 0 bridgehead atoms. The van der Waals surface area contributed by atoms with E-state index in [0.717, 1.165) is 10.9 Å². The molecule has 0 aliphatic carbocycles. The summed E-state index contributed by atoms with van der Waals surface area (Å²) in [5.41, 5.74) is 2.44. The maximum atomic E-state index is 12.7. The van der Waals surface area contributed by atoms with Gasteiger partial charge in [0.1, 0.15) is 0 Å². The monoisotopic (exact) mass is 374 g/mol. The Labute approximate surface area is 161 Å². The van der Waals surface area contributed by atoms with E-state index in [1.807, 2.05) is 36.4 Å². The molecular formula is C22H15ClN2O2. The summed E-state index contributed by atoms with van der Waals surface area (Å²) in [5, 5.41) is 4.10. The minimum Gasteiger partial charge on any atom is -0.322 e. The number of rotatable bonds is 3. The number of benzene rings is 3. The number of hydrogen-bond donors (Lipinski definition) is 1. The lowest BCUT2D eigenvalue weighted by molar-refractivity contribution is 0.0964. The fourth-order valence-electron chi connectivity index (χ4n) is 2.96. The average Bonchev–Trinajstić information content (AvgIpc) is 3.11. The van der Waals surface area contributed by atoms with Gasteiger partial charge in [0.15, 0.2) is 0 Å². The van der Waals surface area contributed by atoms with Crippen molar-refractivity contribution in [3.63, 3.8) is 0 Å². The van der Waals surface area contributed by atoms with Crippen LogP contribution in [0.5, 0.6) is 0 Å². The number of aromatic nitrogens is 1. The van der Waals surface area contributed by atoms with Gasteiger partial charge in [0, 0.05) is 22.8 Å². The molecule has 0 radical (unpaired) electrons. The van der Waals surface area contributed by atoms with Gasteiger partial charge in [0.05, 0.1) is 16.1 Å². The quantitative estimate of drug-likeness (QED) is 0.533. The van der Waals surface area contributed by atoms with Crippen molar-refractivity contribution in [2.45, 2.75) is 0 Å². The Morgan fingerprint density at radius 2 is 1.59 bits per heavy atom. The Bertz CT molecular complexity index is 1150. The highest BCUT2D eigenvalue weighted by molar-refractivity contribution is 6.34. The van der Waals surface area contributed by atoms with E-state index in [-0.39, 0.29) is 11.8 Å². The number of carbonyl (C=O) groups excluding carboxylic acids is 2. The molecule has 0 atom stereocenters. The van der Waals surface area contributed by atoms with E-state index in [1.54, 1.807) is 53.2 Å². The van der Waals surface area contributed by atoms with E-state index in [1.165, 1.54) is 0 Å². The van der Waals surface area contributed by atoms with Crippen molar-refractivity contribution in [1.29, 1.82) is 0 Å². The maximum Gasteiger partial charge on any atom is 0.262 e. The lowest BCUT2D eigenvalue weighted by atomic mass is 10.2. The molecule has 1 amide bonds. The Morgan fingerprint density at radius 1 is 0.852 bits per heavy atom. The summed E-state index contributed by atoms with van der Waals surface area (Å²) < 4.78 is 1.60. The van der Waals surface area contributed by atoms with Crippen LogP contribution < -0.4 is 5.32 Å². The van der Waals surface area contributed by atoms with Crippen molar-refractivity contribution in [1.82, 2.24) is 4.57 Å².